The van der Waals surface area contributed by atoms with Crippen molar-refractivity contribution in [1.29, 1.82) is 0 Å². The summed E-state index contributed by atoms with van der Waals surface area (Å²) in [7, 11) is 0. The van der Waals surface area contributed by atoms with Crippen molar-refractivity contribution in [2.24, 2.45) is 0 Å². The van der Waals surface area contributed by atoms with Gasteiger partial charge in [-0.05, 0) is 6.42 Å². The first-order chi connectivity index (χ1) is 23.4. The molecule has 0 aromatic rings. The number of hydrogen-bond acceptors (Lipinski definition) is 12. The lowest BCUT2D eigenvalue weighted by molar-refractivity contribution is -0.0284. The molecule has 0 aliphatic carbocycles. The maximum atomic E-state index is 11.8. The second-order valence-electron chi connectivity index (χ2n) is 10.5. The van der Waals surface area contributed by atoms with Crippen molar-refractivity contribution in [3.05, 3.63) is 0 Å². The van der Waals surface area contributed by atoms with E-state index in [2.05, 4.69) is 6.92 Å². The fourth-order valence-corrected chi connectivity index (χ4v) is 3.91. The smallest absolute Gasteiger partial charge is 0.113 e. The van der Waals surface area contributed by atoms with Crippen molar-refractivity contribution in [3.63, 3.8) is 0 Å². The van der Waals surface area contributed by atoms with Crippen molar-refractivity contribution in [2.45, 2.75) is 58.3 Å². The molecule has 0 radical (unpaired) electrons. The molecule has 0 spiro atoms. The zero-order valence-corrected chi connectivity index (χ0v) is 29.6. The molecule has 0 aromatic carbocycles. The molecule has 0 aliphatic heterocycles. The van der Waals surface area contributed by atoms with Crippen molar-refractivity contribution >= 4 is 0 Å². The van der Waals surface area contributed by atoms with Gasteiger partial charge in [0.25, 0.3) is 0 Å². The second-order valence-corrected chi connectivity index (χ2v) is 10.5. The third kappa shape index (κ3) is 45.5. The van der Waals surface area contributed by atoms with E-state index >= 15 is 0 Å². The van der Waals surface area contributed by atoms with E-state index in [9.17, 15) is 4.39 Å². The van der Waals surface area contributed by atoms with Gasteiger partial charge in [-0.25, -0.2) is 4.39 Å². The number of alkyl halides is 1. The van der Waals surface area contributed by atoms with E-state index in [0.717, 1.165) is 13.0 Å². The average Bonchev–Trinajstić information content (AvgIpc) is 3.08. The summed E-state index contributed by atoms with van der Waals surface area (Å²) in [5, 5.41) is 0. The Hall–Kier alpha value is -0.550. The molecule has 0 aliphatic rings. The quantitative estimate of drug-likeness (QED) is 0.0852. The molecule has 284 valence electrons. The van der Waals surface area contributed by atoms with Gasteiger partial charge in [0.15, 0.2) is 0 Å². The van der Waals surface area contributed by atoms with Crippen LogP contribution >= 0.6 is 0 Å². The minimum Gasteiger partial charge on any atom is -0.379 e. The molecule has 0 rings (SSSR count). The third-order valence-corrected chi connectivity index (χ3v) is 6.46. The number of rotatable bonds is 44. The maximum absolute atomic E-state index is 11.8. The number of halogens is 1. The van der Waals surface area contributed by atoms with Gasteiger partial charge in [0, 0.05) is 6.61 Å². The van der Waals surface area contributed by atoms with E-state index in [-0.39, 0.29) is 6.61 Å². The van der Waals surface area contributed by atoms with Crippen LogP contribution < -0.4 is 0 Å². The SMILES string of the molecule is CCCCCCCCCCOCCOCCOCCOCCOCCOCCOCCOCCOCCOCCOCCOCCF. The first-order valence-corrected chi connectivity index (χ1v) is 17.9. The first kappa shape index (κ1) is 46.5. The van der Waals surface area contributed by atoms with Gasteiger partial charge < -0.3 is 56.8 Å². The predicted octanol–water partition coefficient (Wildman–Crippen LogP) is 4.30. The summed E-state index contributed by atoms with van der Waals surface area (Å²) in [6.07, 6.45) is 10.5. The number of ether oxygens (including phenoxy) is 12. The standard InChI is InChI=1S/C34H69FO12/c1-2-3-4-5-6-7-8-9-11-36-13-15-38-17-19-40-21-23-42-25-27-44-29-31-46-33-34-47-32-30-45-28-26-43-24-22-41-20-18-39-16-14-37-12-10-35/h2-34H2,1H3. The van der Waals surface area contributed by atoms with Gasteiger partial charge in [-0.15, -0.1) is 0 Å². The summed E-state index contributed by atoms with van der Waals surface area (Å²) >= 11 is 0. The lowest BCUT2D eigenvalue weighted by Crippen LogP contribution is -2.15. The Labute approximate surface area is 284 Å². The lowest BCUT2D eigenvalue weighted by atomic mass is 10.1. The molecule has 0 aromatic heterocycles. The van der Waals surface area contributed by atoms with Crippen LogP contribution in [0.5, 0.6) is 0 Å². The summed E-state index contributed by atoms with van der Waals surface area (Å²) in [6.45, 7) is 14.0. The predicted molar refractivity (Wildman–Crippen MR) is 178 cm³/mol. The van der Waals surface area contributed by atoms with E-state index in [4.69, 9.17) is 56.8 Å². The molecule has 0 saturated carbocycles. The maximum Gasteiger partial charge on any atom is 0.113 e. The van der Waals surface area contributed by atoms with Crippen LogP contribution in [0.4, 0.5) is 4.39 Å². The minimum atomic E-state index is -0.473. The summed E-state index contributed by atoms with van der Waals surface area (Å²) in [5.41, 5.74) is 0. The molecule has 0 saturated heterocycles. The van der Waals surface area contributed by atoms with Crippen LogP contribution in [0.2, 0.25) is 0 Å². The topological polar surface area (TPSA) is 111 Å². The first-order valence-electron chi connectivity index (χ1n) is 17.9. The average molecular weight is 689 g/mol. The Bertz CT molecular complexity index is 495. The highest BCUT2D eigenvalue weighted by atomic mass is 19.1. The van der Waals surface area contributed by atoms with Gasteiger partial charge >= 0.3 is 0 Å². The zero-order valence-electron chi connectivity index (χ0n) is 29.6. The monoisotopic (exact) mass is 688 g/mol. The molecule has 0 heterocycles. The molecular formula is C34H69FO12. The van der Waals surface area contributed by atoms with Gasteiger partial charge in [-0.3, -0.25) is 0 Å². The van der Waals surface area contributed by atoms with E-state index in [1.165, 1.54) is 44.9 Å². The Morgan fingerprint density at radius 1 is 0.234 bits per heavy atom. The van der Waals surface area contributed by atoms with Gasteiger partial charge in [-0.2, -0.15) is 0 Å². The summed E-state index contributed by atoms with van der Waals surface area (Å²) < 4.78 is 77.0. The fraction of sp³-hybridized carbons (Fsp3) is 1.00. The summed E-state index contributed by atoms with van der Waals surface area (Å²) in [4.78, 5) is 0. The normalized spacial score (nSPS) is 11.6. The molecule has 47 heavy (non-hydrogen) atoms. The molecule has 0 N–H and O–H groups in total. The molecule has 0 bridgehead atoms. The van der Waals surface area contributed by atoms with E-state index in [1.807, 2.05) is 0 Å². The zero-order chi connectivity index (χ0) is 33.8. The number of unbranched alkanes of at least 4 members (excludes halogenated alkanes) is 7. The van der Waals surface area contributed by atoms with Crippen molar-refractivity contribution in [3.8, 4) is 0 Å². The van der Waals surface area contributed by atoms with Crippen LogP contribution in [0, 0.1) is 0 Å². The third-order valence-electron chi connectivity index (χ3n) is 6.46. The highest BCUT2D eigenvalue weighted by Gasteiger charge is 1.97. The highest BCUT2D eigenvalue weighted by molar-refractivity contribution is 4.46. The summed E-state index contributed by atoms with van der Waals surface area (Å²) in [6, 6.07) is 0. The van der Waals surface area contributed by atoms with Gasteiger partial charge in [0.1, 0.15) is 6.67 Å². The Balaban J connectivity index is 3.03. The van der Waals surface area contributed by atoms with Crippen LogP contribution in [0.25, 0.3) is 0 Å². The molecule has 12 nitrogen and oxygen atoms in total. The van der Waals surface area contributed by atoms with Crippen LogP contribution in [0.1, 0.15) is 58.3 Å². The van der Waals surface area contributed by atoms with E-state index in [0.29, 0.717) is 145 Å². The van der Waals surface area contributed by atoms with Crippen molar-refractivity contribution in [1.82, 2.24) is 0 Å². The van der Waals surface area contributed by atoms with Crippen LogP contribution in [-0.4, -0.2) is 165 Å². The lowest BCUT2D eigenvalue weighted by Gasteiger charge is -2.09. The van der Waals surface area contributed by atoms with Crippen LogP contribution in [0.15, 0.2) is 0 Å². The molecule has 0 fully saturated rings. The van der Waals surface area contributed by atoms with Gasteiger partial charge in [-0.1, -0.05) is 51.9 Å². The van der Waals surface area contributed by atoms with Crippen molar-refractivity contribution < 1.29 is 61.2 Å². The van der Waals surface area contributed by atoms with Gasteiger partial charge in [0.2, 0.25) is 0 Å². The van der Waals surface area contributed by atoms with Crippen LogP contribution in [0.3, 0.4) is 0 Å². The molecule has 13 heteroatoms. The minimum absolute atomic E-state index is 0.115. The molecule has 0 amide bonds. The highest BCUT2D eigenvalue weighted by Crippen LogP contribution is 2.08. The largest absolute Gasteiger partial charge is 0.379 e. The Morgan fingerprint density at radius 2 is 0.426 bits per heavy atom. The second kappa shape index (κ2) is 45.5. The Morgan fingerprint density at radius 3 is 0.660 bits per heavy atom. The molecule has 0 atom stereocenters. The number of hydrogen-bond donors (Lipinski definition) is 0. The summed E-state index contributed by atoms with van der Waals surface area (Å²) in [5.74, 6) is 0. The van der Waals surface area contributed by atoms with E-state index in [1.54, 1.807) is 0 Å². The Kier molecular flexibility index (Phi) is 44.9. The van der Waals surface area contributed by atoms with Crippen LogP contribution in [-0.2, 0) is 56.8 Å². The van der Waals surface area contributed by atoms with Gasteiger partial charge in [0.05, 0.1) is 152 Å². The molecule has 0 unspecified atom stereocenters. The van der Waals surface area contributed by atoms with Crippen molar-refractivity contribution in [2.75, 3.05) is 165 Å². The fourth-order valence-electron chi connectivity index (χ4n) is 3.91. The van der Waals surface area contributed by atoms with E-state index < -0.39 is 6.67 Å². The molecular weight excluding hydrogens is 619 g/mol.